The molecule has 3 aromatic rings. The van der Waals surface area contributed by atoms with E-state index in [2.05, 4.69) is 0 Å². The standard InChI is InChI=1S/C19H15NO5/c1-12-19(25-14-5-3-13(22-2)4-6-14)18(21)16-8-7-15(23-10-9-20)11-17(16)24-12/h3-8,11H,10H2,1-2H3. The zero-order valence-corrected chi connectivity index (χ0v) is 13.7. The van der Waals surface area contributed by atoms with E-state index in [0.717, 1.165) is 0 Å². The zero-order valence-electron chi connectivity index (χ0n) is 13.7. The summed E-state index contributed by atoms with van der Waals surface area (Å²) in [5, 5.41) is 8.94. The van der Waals surface area contributed by atoms with E-state index in [1.54, 1.807) is 56.5 Å². The fraction of sp³-hybridized carbons (Fsp3) is 0.158. The molecule has 0 bridgehead atoms. The highest BCUT2D eigenvalue weighted by atomic mass is 16.5. The Bertz CT molecular complexity index is 999. The van der Waals surface area contributed by atoms with E-state index in [4.69, 9.17) is 23.9 Å². The minimum atomic E-state index is -0.276. The van der Waals surface area contributed by atoms with E-state index < -0.39 is 0 Å². The van der Waals surface area contributed by atoms with Crippen molar-refractivity contribution in [3.63, 3.8) is 0 Å². The third-order valence-electron chi connectivity index (χ3n) is 3.57. The van der Waals surface area contributed by atoms with Gasteiger partial charge in [0.25, 0.3) is 0 Å². The van der Waals surface area contributed by atoms with E-state index in [-0.39, 0.29) is 17.8 Å². The van der Waals surface area contributed by atoms with Gasteiger partial charge in [0.2, 0.25) is 11.2 Å². The first kappa shape index (κ1) is 16.4. The van der Waals surface area contributed by atoms with Crippen molar-refractivity contribution in [3.05, 3.63) is 58.4 Å². The number of ether oxygens (including phenoxy) is 3. The number of aryl methyl sites for hydroxylation is 1. The predicted molar refractivity (Wildman–Crippen MR) is 91.4 cm³/mol. The molecule has 25 heavy (non-hydrogen) atoms. The maximum Gasteiger partial charge on any atom is 0.235 e. The Morgan fingerprint density at radius 3 is 2.44 bits per heavy atom. The van der Waals surface area contributed by atoms with E-state index in [1.165, 1.54) is 0 Å². The van der Waals surface area contributed by atoms with Gasteiger partial charge in [-0.3, -0.25) is 4.79 Å². The molecule has 1 heterocycles. The van der Waals surface area contributed by atoms with Crippen LogP contribution in [0.2, 0.25) is 0 Å². The third kappa shape index (κ3) is 3.40. The monoisotopic (exact) mass is 337 g/mol. The Morgan fingerprint density at radius 2 is 1.76 bits per heavy atom. The van der Waals surface area contributed by atoms with Crippen LogP contribution in [0.25, 0.3) is 11.0 Å². The quantitative estimate of drug-likeness (QED) is 0.704. The molecule has 6 heteroatoms. The number of hydrogen-bond acceptors (Lipinski definition) is 6. The molecule has 0 radical (unpaired) electrons. The summed E-state index contributed by atoms with van der Waals surface area (Å²) >= 11 is 0. The molecule has 2 aromatic carbocycles. The molecule has 126 valence electrons. The Morgan fingerprint density at radius 1 is 1.08 bits per heavy atom. The van der Waals surface area contributed by atoms with Crippen molar-refractivity contribution in [3.8, 4) is 29.1 Å². The Labute approximate surface area is 143 Å². The van der Waals surface area contributed by atoms with Crippen LogP contribution in [0, 0.1) is 18.3 Å². The summed E-state index contributed by atoms with van der Waals surface area (Å²) in [7, 11) is 1.58. The molecule has 0 N–H and O–H groups in total. The van der Waals surface area contributed by atoms with E-state index in [0.29, 0.717) is 34.0 Å². The normalized spacial score (nSPS) is 10.3. The highest BCUT2D eigenvalue weighted by molar-refractivity contribution is 5.79. The van der Waals surface area contributed by atoms with Crippen LogP contribution in [0.4, 0.5) is 0 Å². The molecule has 1 aromatic heterocycles. The second-order valence-electron chi connectivity index (χ2n) is 5.20. The fourth-order valence-corrected chi connectivity index (χ4v) is 2.35. The molecule has 6 nitrogen and oxygen atoms in total. The number of benzene rings is 2. The highest BCUT2D eigenvalue weighted by Gasteiger charge is 2.14. The van der Waals surface area contributed by atoms with Gasteiger partial charge < -0.3 is 18.6 Å². The first-order valence-corrected chi connectivity index (χ1v) is 7.51. The highest BCUT2D eigenvalue weighted by Crippen LogP contribution is 2.28. The van der Waals surface area contributed by atoms with Gasteiger partial charge in [0.05, 0.1) is 12.5 Å². The van der Waals surface area contributed by atoms with Crippen molar-refractivity contribution in [1.82, 2.24) is 0 Å². The van der Waals surface area contributed by atoms with Crippen LogP contribution in [-0.2, 0) is 0 Å². The largest absolute Gasteiger partial charge is 0.497 e. The Balaban J connectivity index is 1.98. The molecule has 0 atom stereocenters. The first-order chi connectivity index (χ1) is 12.1. The maximum absolute atomic E-state index is 12.7. The predicted octanol–water partition coefficient (Wildman–Crippen LogP) is 3.80. The summed E-state index contributed by atoms with van der Waals surface area (Å²) in [6, 6.07) is 13.6. The van der Waals surface area contributed by atoms with Gasteiger partial charge in [-0.25, -0.2) is 0 Å². The van der Waals surface area contributed by atoms with Crippen LogP contribution in [0.5, 0.6) is 23.0 Å². The number of nitriles is 1. The summed E-state index contributed by atoms with van der Waals surface area (Å²) < 4.78 is 21.7. The van der Waals surface area contributed by atoms with Crippen molar-refractivity contribution in [2.75, 3.05) is 13.7 Å². The average Bonchev–Trinajstić information content (AvgIpc) is 2.63. The molecular formula is C19H15NO5. The first-order valence-electron chi connectivity index (χ1n) is 7.51. The third-order valence-corrected chi connectivity index (χ3v) is 3.57. The van der Waals surface area contributed by atoms with Crippen LogP contribution in [0.15, 0.2) is 51.7 Å². The molecule has 3 rings (SSSR count). The number of methoxy groups -OCH3 is 1. The van der Waals surface area contributed by atoms with Gasteiger partial charge in [0.1, 0.15) is 34.7 Å². The molecule has 0 aliphatic heterocycles. The molecule has 0 amide bonds. The van der Waals surface area contributed by atoms with Gasteiger partial charge in [-0.1, -0.05) is 0 Å². The molecule has 0 fully saturated rings. The summed E-state index contributed by atoms with van der Waals surface area (Å²) in [6.07, 6.45) is 0. The fourth-order valence-electron chi connectivity index (χ4n) is 2.35. The topological polar surface area (TPSA) is 81.7 Å². The maximum atomic E-state index is 12.7. The lowest BCUT2D eigenvalue weighted by atomic mass is 10.2. The van der Waals surface area contributed by atoms with Gasteiger partial charge in [-0.05, 0) is 43.3 Å². The number of fused-ring (bicyclic) bond motifs is 1. The summed E-state index contributed by atoms with van der Waals surface area (Å²) in [5.74, 6) is 2.14. The SMILES string of the molecule is COc1ccc(Oc2c(C)oc3cc(OCC#N)ccc3c2=O)cc1. The van der Waals surface area contributed by atoms with Crippen molar-refractivity contribution in [1.29, 1.82) is 5.26 Å². The van der Waals surface area contributed by atoms with Crippen molar-refractivity contribution in [2.45, 2.75) is 6.92 Å². The van der Waals surface area contributed by atoms with Gasteiger partial charge in [-0.15, -0.1) is 0 Å². The molecule has 0 saturated carbocycles. The molecule has 0 spiro atoms. The minimum absolute atomic E-state index is 0.0760. The van der Waals surface area contributed by atoms with Gasteiger partial charge in [0, 0.05) is 6.07 Å². The van der Waals surface area contributed by atoms with Crippen molar-refractivity contribution < 1.29 is 18.6 Å². The van der Waals surface area contributed by atoms with Gasteiger partial charge >= 0.3 is 0 Å². The second kappa shape index (κ2) is 6.97. The molecule has 0 unspecified atom stereocenters. The zero-order chi connectivity index (χ0) is 17.8. The van der Waals surface area contributed by atoms with Gasteiger partial charge in [0.15, 0.2) is 6.61 Å². The lowest BCUT2D eigenvalue weighted by Crippen LogP contribution is -2.07. The Kier molecular flexibility index (Phi) is 4.57. The molecule has 0 saturated heterocycles. The van der Waals surface area contributed by atoms with E-state index >= 15 is 0 Å². The van der Waals surface area contributed by atoms with Crippen molar-refractivity contribution >= 4 is 11.0 Å². The van der Waals surface area contributed by atoms with Crippen molar-refractivity contribution in [2.24, 2.45) is 0 Å². The number of nitrogens with zero attached hydrogens (tertiary/aromatic N) is 1. The lowest BCUT2D eigenvalue weighted by molar-refractivity contribution is 0.367. The van der Waals surface area contributed by atoms with Crippen LogP contribution in [0.3, 0.4) is 0 Å². The summed E-state index contributed by atoms with van der Waals surface area (Å²) in [4.78, 5) is 12.7. The van der Waals surface area contributed by atoms with Crippen LogP contribution in [-0.4, -0.2) is 13.7 Å². The minimum Gasteiger partial charge on any atom is -0.497 e. The average molecular weight is 337 g/mol. The summed E-state index contributed by atoms with van der Waals surface area (Å²) in [6.45, 7) is 1.58. The number of hydrogen-bond donors (Lipinski definition) is 0. The molecular weight excluding hydrogens is 322 g/mol. The van der Waals surface area contributed by atoms with Crippen LogP contribution < -0.4 is 19.6 Å². The Hall–Kier alpha value is -3.46. The van der Waals surface area contributed by atoms with Crippen LogP contribution in [0.1, 0.15) is 5.76 Å². The summed E-state index contributed by atoms with van der Waals surface area (Å²) in [5.41, 5.74) is 0.0985. The number of rotatable bonds is 5. The molecule has 0 aliphatic rings. The molecule has 0 aliphatic carbocycles. The second-order valence-corrected chi connectivity index (χ2v) is 5.20. The van der Waals surface area contributed by atoms with Crippen LogP contribution >= 0.6 is 0 Å². The van der Waals surface area contributed by atoms with E-state index in [9.17, 15) is 4.79 Å². The van der Waals surface area contributed by atoms with Gasteiger partial charge in [-0.2, -0.15) is 5.26 Å². The van der Waals surface area contributed by atoms with E-state index in [1.807, 2.05) is 6.07 Å². The lowest BCUT2D eigenvalue weighted by Gasteiger charge is -2.10. The smallest absolute Gasteiger partial charge is 0.235 e.